The Labute approximate surface area is 182 Å². The van der Waals surface area contributed by atoms with Crippen molar-refractivity contribution in [2.24, 2.45) is 11.8 Å². The van der Waals surface area contributed by atoms with Gasteiger partial charge >= 0.3 is 12.1 Å². The van der Waals surface area contributed by atoms with Gasteiger partial charge in [0.2, 0.25) is 0 Å². The monoisotopic (exact) mass is 420 g/mol. The Morgan fingerprint density at radius 2 is 1.60 bits per heavy atom. The first-order chi connectivity index (χ1) is 14.1. The minimum atomic E-state index is -0.558. The van der Waals surface area contributed by atoms with Gasteiger partial charge in [0.15, 0.2) is 0 Å². The summed E-state index contributed by atoms with van der Waals surface area (Å²) in [5.41, 5.74) is 0.399. The van der Waals surface area contributed by atoms with Crippen molar-refractivity contribution in [1.82, 2.24) is 10.6 Å². The number of alkyl carbamates (subject to hydrolysis) is 1. The lowest BCUT2D eigenvalue weighted by Crippen LogP contribution is -2.52. The van der Waals surface area contributed by atoms with E-state index in [1.54, 1.807) is 0 Å². The third-order valence-corrected chi connectivity index (χ3v) is 5.28. The van der Waals surface area contributed by atoms with E-state index in [1.165, 1.54) is 0 Å². The summed E-state index contributed by atoms with van der Waals surface area (Å²) >= 11 is 0. The molecule has 0 aromatic heterocycles. The summed E-state index contributed by atoms with van der Waals surface area (Å²) in [5.74, 6) is 0.0590. The molecule has 0 saturated heterocycles. The first-order valence-electron chi connectivity index (χ1n) is 11.0. The molecule has 0 aliphatic heterocycles. The summed E-state index contributed by atoms with van der Waals surface area (Å²) in [6.07, 6.45) is 1.29. The van der Waals surface area contributed by atoms with Gasteiger partial charge in [0, 0.05) is 12.6 Å². The van der Waals surface area contributed by atoms with Gasteiger partial charge in [-0.05, 0) is 38.2 Å². The molecule has 0 bridgehead atoms. The lowest BCUT2D eigenvalue weighted by atomic mass is 9.96. The zero-order valence-corrected chi connectivity index (χ0v) is 19.7. The Morgan fingerprint density at radius 1 is 1.00 bits per heavy atom. The Balaban J connectivity index is 2.75. The standard InChI is InChI=1S/C24H40N2O4/c1-8-17(3)20(26-23(28)30-24(5,6)7)15-25-21(18(4)9-2)22(27)29-16-19-13-11-10-12-14-19/h10-14,17-18,20-21,25H,8-9,15-16H2,1-7H3,(H,26,28)/t17-,18-,20+,21-/m0/s1. The summed E-state index contributed by atoms with van der Waals surface area (Å²) < 4.78 is 11.0. The maximum Gasteiger partial charge on any atom is 0.407 e. The van der Waals surface area contributed by atoms with E-state index in [9.17, 15) is 9.59 Å². The lowest BCUT2D eigenvalue weighted by Gasteiger charge is -2.30. The van der Waals surface area contributed by atoms with Gasteiger partial charge in [0.1, 0.15) is 18.2 Å². The normalized spacial score (nSPS) is 15.6. The molecular formula is C24H40N2O4. The SMILES string of the molecule is CC[C@H](C)[C@H](NC[C@@H](NC(=O)OC(C)(C)C)[C@@H](C)CC)C(=O)OCc1ccccc1. The Morgan fingerprint density at radius 3 is 2.13 bits per heavy atom. The number of benzene rings is 1. The molecule has 0 aliphatic carbocycles. The maximum absolute atomic E-state index is 12.8. The van der Waals surface area contributed by atoms with Gasteiger partial charge < -0.3 is 20.1 Å². The second-order valence-corrected chi connectivity index (χ2v) is 9.00. The number of hydrogen-bond acceptors (Lipinski definition) is 5. The van der Waals surface area contributed by atoms with Crippen molar-refractivity contribution in [2.75, 3.05) is 6.54 Å². The molecule has 1 aromatic rings. The fraction of sp³-hybridized carbons (Fsp3) is 0.667. The molecule has 6 heteroatoms. The fourth-order valence-electron chi connectivity index (χ4n) is 2.96. The predicted molar refractivity (Wildman–Crippen MR) is 120 cm³/mol. The second-order valence-electron chi connectivity index (χ2n) is 9.00. The van der Waals surface area contributed by atoms with Gasteiger partial charge in [0.25, 0.3) is 0 Å². The van der Waals surface area contributed by atoms with Crippen LogP contribution in [-0.4, -0.2) is 36.3 Å². The van der Waals surface area contributed by atoms with Crippen LogP contribution in [0.5, 0.6) is 0 Å². The summed E-state index contributed by atoms with van der Waals surface area (Å²) in [5, 5.41) is 6.30. The van der Waals surface area contributed by atoms with Crippen LogP contribution in [0, 0.1) is 11.8 Å². The third-order valence-electron chi connectivity index (χ3n) is 5.28. The van der Waals surface area contributed by atoms with Crippen molar-refractivity contribution >= 4 is 12.1 Å². The van der Waals surface area contributed by atoms with E-state index in [4.69, 9.17) is 9.47 Å². The van der Waals surface area contributed by atoms with E-state index < -0.39 is 17.7 Å². The molecule has 0 unspecified atom stereocenters. The average molecular weight is 421 g/mol. The van der Waals surface area contributed by atoms with Crippen LogP contribution < -0.4 is 10.6 Å². The number of carbonyl (C=O) groups excluding carboxylic acids is 2. The van der Waals surface area contributed by atoms with Gasteiger partial charge in [-0.3, -0.25) is 4.79 Å². The second kappa shape index (κ2) is 12.6. The molecule has 0 radical (unpaired) electrons. The van der Waals surface area contributed by atoms with Crippen LogP contribution in [0.25, 0.3) is 0 Å². The third kappa shape index (κ3) is 9.61. The number of hydrogen-bond donors (Lipinski definition) is 2. The van der Waals surface area contributed by atoms with E-state index >= 15 is 0 Å². The van der Waals surface area contributed by atoms with Gasteiger partial charge in [-0.15, -0.1) is 0 Å². The van der Waals surface area contributed by atoms with Crippen LogP contribution in [0.4, 0.5) is 4.79 Å². The maximum atomic E-state index is 12.8. The van der Waals surface area contributed by atoms with Crippen LogP contribution in [0.2, 0.25) is 0 Å². The first-order valence-corrected chi connectivity index (χ1v) is 11.0. The van der Waals surface area contributed by atoms with E-state index in [1.807, 2.05) is 58.0 Å². The van der Waals surface area contributed by atoms with Crippen LogP contribution in [0.1, 0.15) is 66.9 Å². The highest BCUT2D eigenvalue weighted by molar-refractivity contribution is 5.76. The van der Waals surface area contributed by atoms with Gasteiger partial charge in [-0.1, -0.05) is 70.9 Å². The molecule has 0 spiro atoms. The van der Waals surface area contributed by atoms with Crippen molar-refractivity contribution in [1.29, 1.82) is 0 Å². The largest absolute Gasteiger partial charge is 0.460 e. The average Bonchev–Trinajstić information content (AvgIpc) is 2.69. The molecule has 6 nitrogen and oxygen atoms in total. The summed E-state index contributed by atoms with van der Waals surface area (Å²) in [6, 6.07) is 9.05. The number of esters is 1. The number of carbonyl (C=O) groups is 2. The number of nitrogens with one attached hydrogen (secondary N) is 2. The van der Waals surface area contributed by atoms with Crippen molar-refractivity contribution in [2.45, 2.75) is 85.6 Å². The lowest BCUT2D eigenvalue weighted by molar-refractivity contribution is -0.149. The van der Waals surface area contributed by atoms with Crippen molar-refractivity contribution < 1.29 is 19.1 Å². The summed E-state index contributed by atoms with van der Waals surface area (Å²) in [6.45, 7) is 14.5. The quantitative estimate of drug-likeness (QED) is 0.509. The van der Waals surface area contributed by atoms with Gasteiger partial charge in [-0.2, -0.15) is 0 Å². The smallest absolute Gasteiger partial charge is 0.407 e. The summed E-state index contributed by atoms with van der Waals surface area (Å²) in [4.78, 5) is 25.0. The zero-order chi connectivity index (χ0) is 22.7. The van der Waals surface area contributed by atoms with E-state index in [2.05, 4.69) is 31.4 Å². The van der Waals surface area contributed by atoms with Crippen LogP contribution in [-0.2, 0) is 20.9 Å². The highest BCUT2D eigenvalue weighted by Crippen LogP contribution is 2.14. The fourth-order valence-corrected chi connectivity index (χ4v) is 2.96. The number of amides is 1. The molecule has 1 rings (SSSR count). The molecule has 0 heterocycles. The zero-order valence-electron chi connectivity index (χ0n) is 19.7. The Hall–Kier alpha value is -2.08. The van der Waals surface area contributed by atoms with Gasteiger partial charge in [-0.25, -0.2) is 4.79 Å². The molecule has 2 N–H and O–H groups in total. The number of ether oxygens (including phenoxy) is 2. The molecule has 0 fully saturated rings. The Bertz CT molecular complexity index is 642. The molecule has 1 aromatic carbocycles. The first kappa shape index (κ1) is 26.0. The highest BCUT2D eigenvalue weighted by Gasteiger charge is 2.28. The van der Waals surface area contributed by atoms with E-state index in [-0.39, 0.29) is 30.5 Å². The predicted octanol–water partition coefficient (Wildman–Crippen LogP) is 4.67. The summed E-state index contributed by atoms with van der Waals surface area (Å²) in [7, 11) is 0. The molecule has 0 saturated carbocycles. The van der Waals surface area contributed by atoms with E-state index in [0.29, 0.717) is 6.54 Å². The molecule has 1 amide bonds. The van der Waals surface area contributed by atoms with Gasteiger partial charge in [0.05, 0.1) is 0 Å². The van der Waals surface area contributed by atoms with Crippen LogP contribution in [0.3, 0.4) is 0 Å². The minimum absolute atomic E-state index is 0.104. The van der Waals surface area contributed by atoms with Crippen molar-refractivity contribution in [3.05, 3.63) is 35.9 Å². The van der Waals surface area contributed by atoms with Crippen LogP contribution in [0.15, 0.2) is 30.3 Å². The van der Waals surface area contributed by atoms with Crippen molar-refractivity contribution in [3.63, 3.8) is 0 Å². The minimum Gasteiger partial charge on any atom is -0.460 e. The molecule has 4 atom stereocenters. The topological polar surface area (TPSA) is 76.7 Å². The molecule has 170 valence electrons. The Kier molecular flexibility index (Phi) is 10.9. The van der Waals surface area contributed by atoms with Crippen LogP contribution >= 0.6 is 0 Å². The number of rotatable bonds is 11. The molecular weight excluding hydrogens is 380 g/mol. The molecule has 30 heavy (non-hydrogen) atoms. The van der Waals surface area contributed by atoms with E-state index in [0.717, 1.165) is 18.4 Å². The van der Waals surface area contributed by atoms with Crippen molar-refractivity contribution in [3.8, 4) is 0 Å². The molecule has 0 aliphatic rings. The highest BCUT2D eigenvalue weighted by atomic mass is 16.6.